The van der Waals surface area contributed by atoms with E-state index in [1.807, 2.05) is 12.1 Å². The van der Waals surface area contributed by atoms with Crippen LogP contribution in [-0.2, 0) is 12.8 Å². The molecule has 6 nitrogen and oxygen atoms in total. The Morgan fingerprint density at radius 3 is 2.03 bits per heavy atom. The smallest absolute Gasteiger partial charge is 0.203 e. The first-order chi connectivity index (χ1) is 13.7. The molecule has 29 heavy (non-hydrogen) atoms. The average molecular weight is 402 g/mol. The van der Waals surface area contributed by atoms with Gasteiger partial charge in [0.15, 0.2) is 23.0 Å². The first kappa shape index (κ1) is 21.1. The summed E-state index contributed by atoms with van der Waals surface area (Å²) in [5.41, 5.74) is 3.09. The number of ether oxygens (including phenoxy) is 3. The predicted octanol–water partition coefficient (Wildman–Crippen LogP) is 4.06. The third-order valence-electron chi connectivity index (χ3n) is 5.61. The highest BCUT2D eigenvalue weighted by molar-refractivity contribution is 5.54. The summed E-state index contributed by atoms with van der Waals surface area (Å²) in [7, 11) is 4.81. The summed E-state index contributed by atoms with van der Waals surface area (Å²) in [6.07, 6.45) is 1.53. The number of rotatable bonds is 5. The van der Waals surface area contributed by atoms with Crippen LogP contribution in [0.5, 0.6) is 28.7 Å². The molecule has 0 fully saturated rings. The Morgan fingerprint density at radius 2 is 1.52 bits per heavy atom. The molecular weight excluding hydrogens is 370 g/mol. The van der Waals surface area contributed by atoms with E-state index in [4.69, 9.17) is 14.2 Å². The Bertz CT molecular complexity index is 863. The van der Waals surface area contributed by atoms with Crippen LogP contribution in [0.3, 0.4) is 0 Å². The molecule has 0 amide bonds. The van der Waals surface area contributed by atoms with Crippen molar-refractivity contribution in [2.24, 2.45) is 0 Å². The monoisotopic (exact) mass is 401 g/mol. The van der Waals surface area contributed by atoms with Crippen molar-refractivity contribution < 1.29 is 24.4 Å². The van der Waals surface area contributed by atoms with Gasteiger partial charge in [-0.2, -0.15) is 0 Å². The van der Waals surface area contributed by atoms with Crippen LogP contribution in [-0.4, -0.2) is 48.5 Å². The molecule has 0 saturated carbocycles. The normalized spacial score (nSPS) is 17.0. The van der Waals surface area contributed by atoms with Gasteiger partial charge in [0.1, 0.15) is 0 Å². The van der Waals surface area contributed by atoms with Crippen LogP contribution < -0.4 is 14.2 Å². The highest BCUT2D eigenvalue weighted by atomic mass is 16.5. The third kappa shape index (κ3) is 4.08. The van der Waals surface area contributed by atoms with Gasteiger partial charge in [-0.25, -0.2) is 0 Å². The van der Waals surface area contributed by atoms with Crippen LogP contribution >= 0.6 is 0 Å². The molecule has 158 valence electrons. The largest absolute Gasteiger partial charge is 0.504 e. The van der Waals surface area contributed by atoms with Gasteiger partial charge < -0.3 is 24.4 Å². The van der Waals surface area contributed by atoms with Gasteiger partial charge in [0.25, 0.3) is 0 Å². The first-order valence-electron chi connectivity index (χ1n) is 9.80. The van der Waals surface area contributed by atoms with Crippen LogP contribution in [0.25, 0.3) is 0 Å². The quantitative estimate of drug-likeness (QED) is 0.736. The fourth-order valence-electron chi connectivity index (χ4n) is 4.23. The summed E-state index contributed by atoms with van der Waals surface area (Å²) in [5.74, 6) is 1.65. The fraction of sp³-hybridized carbons (Fsp3) is 0.478. The number of fused-ring (bicyclic) bond motifs is 1. The molecule has 1 aliphatic rings. The van der Waals surface area contributed by atoms with Gasteiger partial charge in [0.2, 0.25) is 5.75 Å². The van der Waals surface area contributed by atoms with Crippen molar-refractivity contribution in [3.05, 3.63) is 41.0 Å². The molecule has 2 N–H and O–H groups in total. The van der Waals surface area contributed by atoms with E-state index in [2.05, 4.69) is 25.7 Å². The molecule has 2 aromatic carbocycles. The Labute approximate surface area is 172 Å². The molecule has 0 spiro atoms. The fourth-order valence-corrected chi connectivity index (χ4v) is 4.23. The van der Waals surface area contributed by atoms with Crippen LogP contribution in [0.2, 0.25) is 0 Å². The third-order valence-corrected chi connectivity index (χ3v) is 5.61. The summed E-state index contributed by atoms with van der Waals surface area (Å²) < 4.78 is 16.5. The lowest BCUT2D eigenvalue weighted by Crippen LogP contribution is -2.48. The van der Waals surface area contributed by atoms with Gasteiger partial charge in [-0.3, -0.25) is 4.90 Å². The zero-order valence-corrected chi connectivity index (χ0v) is 18.1. The second-order valence-corrected chi connectivity index (χ2v) is 8.41. The second-order valence-electron chi connectivity index (χ2n) is 8.41. The Kier molecular flexibility index (Phi) is 5.85. The first-order valence-corrected chi connectivity index (χ1v) is 9.80. The molecule has 0 bridgehead atoms. The van der Waals surface area contributed by atoms with E-state index in [1.165, 1.54) is 0 Å². The number of nitrogens with zero attached hydrogens (tertiary/aromatic N) is 1. The van der Waals surface area contributed by atoms with E-state index in [0.717, 1.165) is 29.7 Å². The van der Waals surface area contributed by atoms with E-state index < -0.39 is 0 Å². The number of hydrogen-bond acceptors (Lipinski definition) is 6. The highest BCUT2D eigenvalue weighted by Gasteiger charge is 2.35. The lowest BCUT2D eigenvalue weighted by atomic mass is 9.85. The van der Waals surface area contributed by atoms with Crippen LogP contribution in [0.4, 0.5) is 0 Å². The maximum atomic E-state index is 10.2. The summed E-state index contributed by atoms with van der Waals surface area (Å²) in [4.78, 5) is 2.44. The molecule has 0 aromatic heterocycles. The van der Waals surface area contributed by atoms with Gasteiger partial charge in [0.05, 0.1) is 21.3 Å². The maximum absolute atomic E-state index is 10.2. The summed E-state index contributed by atoms with van der Waals surface area (Å²) in [6.45, 7) is 7.46. The minimum atomic E-state index is -0.0885. The molecule has 1 aliphatic heterocycles. The molecular formula is C23H31NO5. The van der Waals surface area contributed by atoms with Gasteiger partial charge in [-0.05, 0) is 74.6 Å². The summed E-state index contributed by atoms with van der Waals surface area (Å²) in [6, 6.07) is 7.36. The van der Waals surface area contributed by atoms with E-state index in [9.17, 15) is 10.2 Å². The standard InChI is InChI=1S/C23H31NO5/c1-23(2,3)24-8-7-15-12-18(25)19(26)13-16(15)17(24)9-14-10-20(27-4)22(29-6)21(11-14)28-5/h10-13,17,25-26H,7-9H2,1-6H3. The number of phenols is 2. The van der Waals surface area contributed by atoms with Gasteiger partial charge in [-0.15, -0.1) is 0 Å². The zero-order chi connectivity index (χ0) is 21.3. The Hall–Kier alpha value is -2.60. The van der Waals surface area contributed by atoms with Crippen molar-refractivity contribution in [3.63, 3.8) is 0 Å². The van der Waals surface area contributed by atoms with Gasteiger partial charge in [-0.1, -0.05) is 0 Å². The Balaban J connectivity index is 2.09. The zero-order valence-electron chi connectivity index (χ0n) is 18.1. The lowest BCUT2D eigenvalue weighted by molar-refractivity contribution is 0.0725. The highest BCUT2D eigenvalue weighted by Crippen LogP contribution is 2.43. The molecule has 2 aromatic rings. The van der Waals surface area contributed by atoms with Gasteiger partial charge in [0, 0.05) is 18.1 Å². The van der Waals surface area contributed by atoms with Crippen molar-refractivity contribution in [1.82, 2.24) is 4.90 Å². The van der Waals surface area contributed by atoms with E-state index >= 15 is 0 Å². The number of methoxy groups -OCH3 is 3. The molecule has 3 rings (SSSR count). The minimum Gasteiger partial charge on any atom is -0.504 e. The minimum absolute atomic E-state index is 0.0352. The number of hydrogen-bond donors (Lipinski definition) is 2. The van der Waals surface area contributed by atoms with Crippen LogP contribution in [0.15, 0.2) is 24.3 Å². The van der Waals surface area contributed by atoms with Crippen molar-refractivity contribution >= 4 is 0 Å². The van der Waals surface area contributed by atoms with Crippen molar-refractivity contribution in [2.75, 3.05) is 27.9 Å². The van der Waals surface area contributed by atoms with Crippen LogP contribution in [0.1, 0.15) is 43.5 Å². The lowest BCUT2D eigenvalue weighted by Gasteiger charge is -2.45. The van der Waals surface area contributed by atoms with E-state index in [0.29, 0.717) is 23.7 Å². The second kappa shape index (κ2) is 8.03. The topological polar surface area (TPSA) is 71.4 Å². The summed E-state index contributed by atoms with van der Waals surface area (Å²) >= 11 is 0. The SMILES string of the molecule is COc1cc(CC2c3cc(O)c(O)cc3CCN2C(C)(C)C)cc(OC)c1OC. The predicted molar refractivity (Wildman–Crippen MR) is 112 cm³/mol. The molecule has 0 aliphatic carbocycles. The van der Waals surface area contributed by atoms with E-state index in [1.54, 1.807) is 33.5 Å². The van der Waals surface area contributed by atoms with Crippen LogP contribution in [0, 0.1) is 0 Å². The van der Waals surface area contributed by atoms with Crippen molar-refractivity contribution in [2.45, 2.75) is 45.2 Å². The molecule has 1 heterocycles. The molecule has 0 saturated heterocycles. The number of aromatic hydroxyl groups is 2. The number of benzene rings is 2. The molecule has 1 atom stereocenters. The summed E-state index contributed by atoms with van der Waals surface area (Å²) in [5, 5.41) is 20.1. The van der Waals surface area contributed by atoms with E-state index in [-0.39, 0.29) is 23.1 Å². The van der Waals surface area contributed by atoms with Crippen molar-refractivity contribution in [1.29, 1.82) is 0 Å². The Morgan fingerprint density at radius 1 is 0.931 bits per heavy atom. The van der Waals surface area contributed by atoms with Gasteiger partial charge >= 0.3 is 0 Å². The molecule has 1 unspecified atom stereocenters. The maximum Gasteiger partial charge on any atom is 0.203 e. The number of phenolic OH excluding ortho intramolecular Hbond substituents is 2. The molecule has 0 radical (unpaired) electrons. The van der Waals surface area contributed by atoms with Crippen molar-refractivity contribution in [3.8, 4) is 28.7 Å². The molecule has 6 heteroatoms. The average Bonchev–Trinajstić information content (AvgIpc) is 2.67.